The van der Waals surface area contributed by atoms with Crippen LogP contribution in [0.15, 0.2) is 52.4 Å². The van der Waals surface area contributed by atoms with Crippen LogP contribution in [0.5, 0.6) is 5.75 Å². The summed E-state index contributed by atoms with van der Waals surface area (Å²) >= 11 is 1.45. The minimum Gasteiger partial charge on any atom is -0.505 e. The number of halogens is 1. The molecule has 37 heavy (non-hydrogen) atoms. The van der Waals surface area contributed by atoms with E-state index < -0.39 is 42.0 Å². The van der Waals surface area contributed by atoms with Gasteiger partial charge in [-0.2, -0.15) is 0 Å². The molecule has 2 heterocycles. The van der Waals surface area contributed by atoms with E-state index in [2.05, 4.69) is 0 Å². The number of imide groups is 1. The molecule has 1 saturated heterocycles. The molecule has 9 heteroatoms. The third kappa shape index (κ3) is 5.55. The zero-order valence-corrected chi connectivity index (χ0v) is 21.5. The molecule has 198 valence electrons. The minimum absolute atomic E-state index is 0.166. The van der Waals surface area contributed by atoms with Crippen molar-refractivity contribution in [2.24, 2.45) is 17.8 Å². The number of aliphatic hydroxyl groups is 3. The second-order valence-electron chi connectivity index (χ2n) is 9.61. The number of phenolic OH excluding ortho intramolecular Hbond substituents is 1. The van der Waals surface area contributed by atoms with E-state index in [1.807, 2.05) is 24.4 Å². The molecule has 0 radical (unpaired) electrons. The van der Waals surface area contributed by atoms with Gasteiger partial charge in [-0.25, -0.2) is 4.39 Å². The number of likely N-dealkylation sites (tertiary alicyclic amines) is 1. The van der Waals surface area contributed by atoms with Crippen molar-refractivity contribution in [3.05, 3.63) is 68.7 Å². The maximum atomic E-state index is 13.7. The fraction of sp³-hybridized carbons (Fsp3) is 0.429. The highest BCUT2D eigenvalue weighted by atomic mass is 32.1. The first-order chi connectivity index (χ1) is 17.8. The Kier molecular flexibility index (Phi) is 8.59. The summed E-state index contributed by atoms with van der Waals surface area (Å²) in [5.41, 5.74) is 2.47. The summed E-state index contributed by atoms with van der Waals surface area (Å²) in [4.78, 5) is 28.6. The first-order valence-electron chi connectivity index (χ1n) is 12.5. The summed E-state index contributed by atoms with van der Waals surface area (Å²) in [5, 5.41) is 42.9. The number of allylic oxidation sites excluding steroid dienone is 1. The molecule has 4 rings (SSSR count). The first-order valence-corrected chi connectivity index (χ1v) is 13.3. The Bertz CT molecular complexity index is 1210. The predicted molar refractivity (Wildman–Crippen MR) is 138 cm³/mol. The number of aliphatic hydroxyl groups excluding tert-OH is 3. The molecule has 0 saturated carbocycles. The minimum atomic E-state index is -1.03. The number of thiophene rings is 1. The van der Waals surface area contributed by atoms with Gasteiger partial charge in [0.1, 0.15) is 0 Å². The van der Waals surface area contributed by atoms with Crippen molar-refractivity contribution in [1.82, 2.24) is 4.90 Å². The van der Waals surface area contributed by atoms with Gasteiger partial charge in [0, 0.05) is 10.8 Å². The molecule has 4 N–H and O–H groups in total. The lowest BCUT2D eigenvalue weighted by atomic mass is 9.68. The van der Waals surface area contributed by atoms with Crippen molar-refractivity contribution in [1.29, 1.82) is 0 Å². The van der Waals surface area contributed by atoms with Crippen molar-refractivity contribution in [2.45, 2.75) is 45.3 Å². The Morgan fingerprint density at radius 3 is 2.65 bits per heavy atom. The molecule has 7 nitrogen and oxygen atoms in total. The Labute approximate surface area is 219 Å². The lowest BCUT2D eigenvalue weighted by Crippen LogP contribution is -2.39. The molecule has 2 aliphatic rings. The number of rotatable bonds is 10. The monoisotopic (exact) mass is 529 g/mol. The predicted octanol–water partition coefficient (Wildman–Crippen LogP) is 3.63. The van der Waals surface area contributed by atoms with Gasteiger partial charge in [0.15, 0.2) is 11.6 Å². The van der Waals surface area contributed by atoms with E-state index >= 15 is 0 Å². The molecule has 1 aromatic carbocycles. The van der Waals surface area contributed by atoms with Crippen LogP contribution < -0.4 is 0 Å². The zero-order chi connectivity index (χ0) is 26.7. The Morgan fingerprint density at radius 1 is 1.24 bits per heavy atom. The normalized spacial score (nSPS) is 23.1. The van der Waals surface area contributed by atoms with E-state index in [1.54, 1.807) is 12.1 Å². The van der Waals surface area contributed by atoms with Gasteiger partial charge in [0.2, 0.25) is 11.8 Å². The molecule has 4 atom stereocenters. The molecule has 0 unspecified atom stereocenters. The van der Waals surface area contributed by atoms with Gasteiger partial charge >= 0.3 is 0 Å². The molecule has 1 aliphatic heterocycles. The maximum absolute atomic E-state index is 13.7. The summed E-state index contributed by atoms with van der Waals surface area (Å²) in [7, 11) is 0. The number of nitrogens with zero attached hydrogens (tertiary/aromatic N) is 1. The third-order valence-electron chi connectivity index (χ3n) is 7.45. The molecular weight excluding hydrogens is 497 g/mol. The van der Waals surface area contributed by atoms with Crippen LogP contribution in [0.4, 0.5) is 4.39 Å². The molecule has 1 aromatic heterocycles. The Morgan fingerprint density at radius 2 is 2.03 bits per heavy atom. The highest BCUT2D eigenvalue weighted by molar-refractivity contribution is 7.09. The Balaban J connectivity index is 1.53. The molecule has 1 aliphatic carbocycles. The number of carbonyl (C=O) groups excluding carboxylic acids is 2. The van der Waals surface area contributed by atoms with E-state index in [-0.39, 0.29) is 37.8 Å². The molecule has 1 fully saturated rings. The lowest BCUT2D eigenvalue weighted by Gasteiger charge is -2.36. The van der Waals surface area contributed by atoms with E-state index in [4.69, 9.17) is 0 Å². The zero-order valence-electron chi connectivity index (χ0n) is 20.6. The second kappa shape index (κ2) is 11.7. The van der Waals surface area contributed by atoms with Crippen LogP contribution in [0, 0.1) is 23.6 Å². The topological polar surface area (TPSA) is 118 Å². The van der Waals surface area contributed by atoms with Gasteiger partial charge in [0.05, 0.1) is 37.7 Å². The number of hydrogen-bond acceptors (Lipinski definition) is 7. The van der Waals surface area contributed by atoms with Crippen LogP contribution >= 0.6 is 11.3 Å². The summed E-state index contributed by atoms with van der Waals surface area (Å²) < 4.78 is 13.7. The van der Waals surface area contributed by atoms with Gasteiger partial charge in [-0.1, -0.05) is 30.7 Å². The van der Waals surface area contributed by atoms with Crippen LogP contribution in [0.25, 0.3) is 6.08 Å². The number of phenols is 1. The SMILES string of the molecule is CC/C(=C\c1ccc(O)c(F)c1)CC[C@@H](O)C1=C(CO)C[C@H]2C(=O)N(Cc3cccs3)C(=O)[C@H]2[C@H]1CO. The average molecular weight is 530 g/mol. The van der Waals surface area contributed by atoms with Gasteiger partial charge in [-0.15, -0.1) is 11.3 Å². The van der Waals surface area contributed by atoms with E-state index in [0.29, 0.717) is 29.6 Å². The maximum Gasteiger partial charge on any atom is 0.234 e. The molecule has 0 bridgehead atoms. The fourth-order valence-electron chi connectivity index (χ4n) is 5.56. The Hall–Kier alpha value is -2.85. The van der Waals surface area contributed by atoms with E-state index in [1.165, 1.54) is 28.4 Å². The largest absolute Gasteiger partial charge is 0.505 e. The summed E-state index contributed by atoms with van der Waals surface area (Å²) in [6, 6.07) is 7.83. The first kappa shape index (κ1) is 27.2. The van der Waals surface area contributed by atoms with Crippen LogP contribution in [0.1, 0.15) is 43.0 Å². The quantitative estimate of drug-likeness (QED) is 0.276. The highest BCUT2D eigenvalue weighted by Crippen LogP contribution is 2.46. The van der Waals surface area contributed by atoms with Crippen molar-refractivity contribution in [3.63, 3.8) is 0 Å². The third-order valence-corrected chi connectivity index (χ3v) is 8.31. The highest BCUT2D eigenvalue weighted by Gasteiger charge is 2.54. The second-order valence-corrected chi connectivity index (χ2v) is 10.6. The average Bonchev–Trinajstić information content (AvgIpc) is 3.50. The van der Waals surface area contributed by atoms with Gasteiger partial charge in [-0.3, -0.25) is 14.5 Å². The summed E-state index contributed by atoms with van der Waals surface area (Å²) in [6.45, 7) is 1.32. The molecule has 2 amide bonds. The van der Waals surface area contributed by atoms with Gasteiger partial charge < -0.3 is 20.4 Å². The van der Waals surface area contributed by atoms with Gasteiger partial charge in [0.25, 0.3) is 0 Å². The number of carbonyl (C=O) groups is 2. The van der Waals surface area contributed by atoms with Crippen molar-refractivity contribution in [3.8, 4) is 5.75 Å². The lowest BCUT2D eigenvalue weighted by molar-refractivity contribution is -0.140. The smallest absolute Gasteiger partial charge is 0.234 e. The van der Waals surface area contributed by atoms with Crippen molar-refractivity contribution >= 4 is 29.2 Å². The van der Waals surface area contributed by atoms with E-state index in [0.717, 1.165) is 10.5 Å². The summed E-state index contributed by atoms with van der Waals surface area (Å²) in [6.07, 6.45) is 2.33. The van der Waals surface area contributed by atoms with Crippen molar-refractivity contribution in [2.75, 3.05) is 13.2 Å². The number of benzene rings is 1. The van der Waals surface area contributed by atoms with Crippen LogP contribution in [0.3, 0.4) is 0 Å². The van der Waals surface area contributed by atoms with Gasteiger partial charge in [-0.05, 0) is 66.0 Å². The molecule has 0 spiro atoms. The number of aromatic hydroxyl groups is 1. The van der Waals surface area contributed by atoms with Crippen LogP contribution in [-0.4, -0.2) is 56.5 Å². The van der Waals surface area contributed by atoms with E-state index in [9.17, 15) is 34.4 Å². The molecular formula is C28H32FNO6S. The van der Waals surface area contributed by atoms with Crippen LogP contribution in [0.2, 0.25) is 0 Å². The standard InChI is InChI=1S/C28H32FNO6S/c1-2-16(10-17-6-7-23(33)22(29)11-17)5-8-24(34)25-18(14-31)12-20-26(21(25)15-32)28(36)30(27(20)35)13-19-4-3-9-37-19/h3-4,6-7,9-11,20-21,24,26,31-34H,2,5,8,12-15H2,1H3/b16-10+/t20-,21+,24-,26-/m1/s1. The summed E-state index contributed by atoms with van der Waals surface area (Å²) in [5.74, 6) is -4.01. The number of hydrogen-bond donors (Lipinski definition) is 4. The van der Waals surface area contributed by atoms with Crippen molar-refractivity contribution < 1.29 is 34.4 Å². The van der Waals surface area contributed by atoms with Crippen LogP contribution in [-0.2, 0) is 16.1 Å². The number of fused-ring (bicyclic) bond motifs is 1. The fourth-order valence-corrected chi connectivity index (χ4v) is 6.25. The molecule has 2 aromatic rings. The number of amides is 2.